The van der Waals surface area contributed by atoms with E-state index < -0.39 is 69.8 Å². The highest BCUT2D eigenvalue weighted by Crippen LogP contribution is 2.63. The van der Waals surface area contributed by atoms with Crippen LogP contribution < -0.4 is 10.6 Å². The second-order valence-electron chi connectivity index (χ2n) is 27.2. The zero-order valence-corrected chi connectivity index (χ0v) is 55.6. The van der Waals surface area contributed by atoms with Crippen molar-refractivity contribution in [3.63, 3.8) is 0 Å². The quantitative estimate of drug-likeness (QED) is 0.0601. The van der Waals surface area contributed by atoms with Crippen LogP contribution in [-0.2, 0) is 45.8 Å². The Kier molecular flexibility index (Phi) is 17.7. The van der Waals surface area contributed by atoms with E-state index >= 15 is 0 Å². The number of nitrogens with one attached hydrogen (secondary N) is 2. The Labute approximate surface area is 528 Å². The molecule has 0 spiro atoms. The number of aromatic nitrogens is 8. The summed E-state index contributed by atoms with van der Waals surface area (Å²) in [6.07, 6.45) is 5.60. The van der Waals surface area contributed by atoms with Gasteiger partial charge in [0.1, 0.15) is 36.1 Å². The molecular formula is C68H84N10O10Si2. The van der Waals surface area contributed by atoms with Crippen LogP contribution in [0.15, 0.2) is 147 Å². The highest BCUT2D eigenvalue weighted by atomic mass is 28.4. The van der Waals surface area contributed by atoms with Gasteiger partial charge in [-0.3, -0.25) is 23.5 Å². The highest BCUT2D eigenvalue weighted by Gasteiger charge is 2.74. The third-order valence-corrected chi connectivity index (χ3v) is 28.5. The molecule has 12 rings (SSSR count). The summed E-state index contributed by atoms with van der Waals surface area (Å²) >= 11 is 0. The Balaban J connectivity index is 0.000000185. The van der Waals surface area contributed by atoms with Crippen molar-refractivity contribution in [2.45, 2.75) is 197 Å². The molecule has 4 aromatic heterocycles. The molecule has 4 fully saturated rings. The molecule has 3 N–H and O–H groups in total. The Hall–Kier alpha value is -7.26. The zero-order valence-electron chi connectivity index (χ0n) is 53.6. The molecule has 2 saturated heterocycles. The average molecular weight is 1260 g/mol. The molecule has 2 aliphatic carbocycles. The Morgan fingerprint density at radius 1 is 0.578 bits per heavy atom. The number of anilines is 2. The number of aliphatic hydroxyl groups is 1. The van der Waals surface area contributed by atoms with Crippen LogP contribution in [0.1, 0.15) is 138 Å². The molecule has 0 bridgehead atoms. The third-order valence-electron chi connectivity index (χ3n) is 19.5. The first-order valence-electron chi connectivity index (χ1n) is 31.2. The summed E-state index contributed by atoms with van der Waals surface area (Å²) in [4.78, 5) is 67.0. The van der Waals surface area contributed by atoms with Crippen LogP contribution in [0.2, 0.25) is 36.3 Å². The largest absolute Gasteiger partial charge is 0.408 e. The lowest BCUT2D eigenvalue weighted by Gasteiger charge is -2.47. The minimum Gasteiger partial charge on any atom is -0.408 e. The highest BCUT2D eigenvalue weighted by molar-refractivity contribution is 6.74. The summed E-state index contributed by atoms with van der Waals surface area (Å²) in [5, 5.41) is 17.7. The molecule has 20 nitrogen and oxygen atoms in total. The van der Waals surface area contributed by atoms with Crippen molar-refractivity contribution < 1.29 is 47.3 Å². The number of ketones is 1. The molecule has 22 heteroatoms. The molecule has 90 heavy (non-hydrogen) atoms. The van der Waals surface area contributed by atoms with Crippen LogP contribution in [-0.4, -0.2) is 119 Å². The number of fused-ring (bicyclic) bond motifs is 2. The van der Waals surface area contributed by atoms with Crippen molar-refractivity contribution >= 4 is 68.2 Å². The first-order chi connectivity index (χ1) is 42.8. The van der Waals surface area contributed by atoms with Gasteiger partial charge >= 0.3 is 0 Å². The van der Waals surface area contributed by atoms with E-state index in [1.807, 2.05) is 79.7 Å². The molecule has 2 saturated carbocycles. The number of ether oxygens (including phenoxy) is 4. The van der Waals surface area contributed by atoms with Gasteiger partial charge in [0.05, 0.1) is 37.1 Å². The van der Waals surface area contributed by atoms with Crippen LogP contribution in [0.5, 0.6) is 0 Å². The number of rotatable bonds is 20. The smallest absolute Gasteiger partial charge is 0.256 e. The maximum absolute atomic E-state index is 14.5. The summed E-state index contributed by atoms with van der Waals surface area (Å²) in [6.45, 7) is 27.0. The zero-order chi connectivity index (χ0) is 64.1. The molecule has 4 aromatic carbocycles. The number of benzene rings is 4. The molecule has 2 aliphatic heterocycles. The molecule has 4 aliphatic rings. The minimum absolute atomic E-state index is 0.00735. The van der Waals surface area contributed by atoms with Gasteiger partial charge in [-0.25, -0.2) is 29.9 Å². The topological polar surface area (TPSA) is 238 Å². The fourth-order valence-electron chi connectivity index (χ4n) is 12.3. The first kappa shape index (κ1) is 64.3. The molecule has 7 atom stereocenters. The molecule has 2 amide bonds. The van der Waals surface area contributed by atoms with Crippen LogP contribution >= 0.6 is 0 Å². The van der Waals surface area contributed by atoms with Crippen molar-refractivity contribution in [3.05, 3.63) is 169 Å². The van der Waals surface area contributed by atoms with E-state index in [2.05, 4.69) is 115 Å². The predicted octanol–water partition coefficient (Wildman–Crippen LogP) is 12.7. The summed E-state index contributed by atoms with van der Waals surface area (Å²) in [6, 6.07) is 37.6. The molecule has 8 aromatic rings. The normalized spacial score (nSPS) is 23.7. The third kappa shape index (κ3) is 12.0. The van der Waals surface area contributed by atoms with E-state index in [0.717, 1.165) is 36.8 Å². The lowest BCUT2D eigenvalue weighted by molar-refractivity contribution is -0.184. The van der Waals surface area contributed by atoms with Gasteiger partial charge in [0.2, 0.25) is 5.78 Å². The maximum Gasteiger partial charge on any atom is 0.256 e. The number of Topliss-reactive ketones (excluding diaryl/α,β-unsaturated/α-hetero) is 1. The van der Waals surface area contributed by atoms with Gasteiger partial charge in [-0.2, -0.15) is 0 Å². The Morgan fingerprint density at radius 3 is 1.42 bits per heavy atom. The Bertz CT molecular complexity index is 3850. The standard InChI is InChI=1S/C34H43N5O5Si.C34H41N5O5Si/c2*1-7-34(33(18-19-33)44-45(5,6)32(2,3)4)27(42-20-23-14-10-8-11-15-23)26(40)31(43-34)39-22-37-25-28(35-21-36-29(25)39)38-30(41)24-16-12-9-13-17-24/h8-17,21-22,26-27,31,40H,7,18-20H2,1-6H3,(H,35,36,38,41);8-17,21-22,27,31H,7,18-20H2,1-6H3,(H,35,36,38,41)/t26-,27?,31+,34+;27?,31-,34-/m01/s1. The average Bonchev–Trinajstić information content (AvgIpc) is 1.54. The van der Waals surface area contributed by atoms with Crippen molar-refractivity contribution in [1.29, 1.82) is 0 Å². The van der Waals surface area contributed by atoms with Crippen molar-refractivity contribution in [2.75, 3.05) is 10.6 Å². The van der Waals surface area contributed by atoms with Gasteiger partial charge in [0, 0.05) is 11.1 Å². The Morgan fingerprint density at radius 2 is 0.989 bits per heavy atom. The van der Waals surface area contributed by atoms with Gasteiger partial charge in [0.15, 0.2) is 69.2 Å². The number of nitrogens with zero attached hydrogens (tertiary/aromatic N) is 8. The second kappa shape index (κ2) is 24.7. The summed E-state index contributed by atoms with van der Waals surface area (Å²) < 4.78 is 44.8. The predicted molar refractivity (Wildman–Crippen MR) is 347 cm³/mol. The number of carbonyl (C=O) groups is 3. The minimum atomic E-state index is -2.26. The van der Waals surface area contributed by atoms with Gasteiger partial charge in [-0.1, -0.05) is 152 Å². The van der Waals surface area contributed by atoms with E-state index in [-0.39, 0.29) is 45.9 Å². The molecule has 6 heterocycles. The van der Waals surface area contributed by atoms with Crippen LogP contribution in [0.25, 0.3) is 22.3 Å². The molecule has 474 valence electrons. The lowest BCUT2D eigenvalue weighted by atomic mass is 9.84. The fraction of sp³-hybridized carbons (Fsp3) is 0.456. The number of carbonyl (C=O) groups excluding carboxylic acids is 3. The van der Waals surface area contributed by atoms with E-state index in [1.54, 1.807) is 64.0 Å². The number of amides is 2. The SMILES string of the molecule is CC[C@@]1(C2(O[Si](C)(C)C(C)(C)C)CC2)O[C@@H](n2cnc3c(NC(=O)c4ccccc4)ncnc32)C(=O)C1OCc1ccccc1.CC[C@@]1(C2(O[Si](C)(C)C(C)(C)C)CC2)O[C@@H](n2cnc3c(NC(=O)c4ccccc4)ncnc32)[C@@H](O)C1OCc1ccccc1. The number of hydrogen-bond acceptors (Lipinski definition) is 16. The first-order valence-corrected chi connectivity index (χ1v) is 37.0. The second-order valence-corrected chi connectivity index (χ2v) is 36.6. The van der Waals surface area contributed by atoms with Gasteiger partial charge < -0.3 is 43.5 Å². The molecular weight excluding hydrogens is 1170 g/mol. The molecule has 2 unspecified atom stereocenters. The van der Waals surface area contributed by atoms with Crippen molar-refractivity contribution in [3.8, 4) is 0 Å². The van der Waals surface area contributed by atoms with E-state index in [0.29, 0.717) is 52.9 Å². The fourth-order valence-corrected chi connectivity index (χ4v) is 15.6. The van der Waals surface area contributed by atoms with Gasteiger partial charge in [0.25, 0.3) is 11.8 Å². The van der Waals surface area contributed by atoms with Gasteiger partial charge in [-0.05, 0) is 110 Å². The summed E-state index contributed by atoms with van der Waals surface area (Å²) in [7, 11) is -4.48. The van der Waals surface area contributed by atoms with E-state index in [9.17, 15) is 19.5 Å². The number of aliphatic hydroxyl groups excluding tert-OH is 1. The monoisotopic (exact) mass is 1260 g/mol. The number of hydrogen-bond donors (Lipinski definition) is 3. The summed E-state index contributed by atoms with van der Waals surface area (Å²) in [5.74, 6) is -0.322. The van der Waals surface area contributed by atoms with Crippen LogP contribution in [0, 0.1) is 0 Å². The molecule has 0 radical (unpaired) electrons. The van der Waals surface area contributed by atoms with Crippen molar-refractivity contribution in [2.24, 2.45) is 0 Å². The van der Waals surface area contributed by atoms with E-state index in [4.69, 9.17) is 27.8 Å². The van der Waals surface area contributed by atoms with Crippen molar-refractivity contribution in [1.82, 2.24) is 39.0 Å². The van der Waals surface area contributed by atoms with E-state index in [1.165, 1.54) is 19.0 Å². The summed E-state index contributed by atoms with van der Waals surface area (Å²) in [5.41, 5.74) is 1.32. The van der Waals surface area contributed by atoms with Gasteiger partial charge in [-0.15, -0.1) is 0 Å². The lowest BCUT2D eigenvalue weighted by Crippen LogP contribution is -2.60. The van der Waals surface area contributed by atoms with Crippen LogP contribution in [0.4, 0.5) is 11.6 Å². The van der Waals surface area contributed by atoms with Crippen LogP contribution in [0.3, 0.4) is 0 Å². The number of imidazole rings is 2. The maximum atomic E-state index is 14.5.